The summed E-state index contributed by atoms with van der Waals surface area (Å²) in [5.74, 6) is 0.752. The van der Waals surface area contributed by atoms with Crippen LogP contribution in [0.25, 0.3) is 27.5 Å². The van der Waals surface area contributed by atoms with Gasteiger partial charge in [0.2, 0.25) is 5.50 Å². The fourth-order valence-electron chi connectivity index (χ4n) is 5.69. The third kappa shape index (κ3) is 5.18. The Morgan fingerprint density at radius 2 is 1.80 bits per heavy atom. The number of aromatic nitrogens is 2. The van der Waals surface area contributed by atoms with Crippen LogP contribution in [-0.4, -0.2) is 39.9 Å². The van der Waals surface area contributed by atoms with E-state index in [0.717, 1.165) is 51.8 Å². The highest BCUT2D eigenvalue weighted by molar-refractivity contribution is 7.99. The SMILES string of the molecule is Cc1cccc(C)c1[N+]1(/N=C/c2ccc3c(ccc4c3ncn4-c3ccc(OC(F)(F)F)cc3)c2)CCCSC1N. The van der Waals surface area contributed by atoms with E-state index in [2.05, 4.69) is 47.8 Å². The molecule has 1 fully saturated rings. The van der Waals surface area contributed by atoms with Crippen molar-refractivity contribution in [2.45, 2.75) is 32.1 Å². The van der Waals surface area contributed by atoms with E-state index in [1.807, 2.05) is 35.0 Å². The Hall–Kier alpha value is -3.86. The zero-order valence-corrected chi connectivity index (χ0v) is 23.4. The van der Waals surface area contributed by atoms with E-state index < -0.39 is 6.36 Å². The molecule has 1 saturated heterocycles. The van der Waals surface area contributed by atoms with Gasteiger partial charge in [0.15, 0.2) is 5.69 Å². The van der Waals surface area contributed by atoms with Crippen LogP contribution in [0.2, 0.25) is 0 Å². The average Bonchev–Trinajstić information content (AvgIpc) is 3.37. The van der Waals surface area contributed by atoms with Crippen LogP contribution in [0.3, 0.4) is 0 Å². The molecular formula is C31H29F3N5OS+. The Bertz CT molecular complexity index is 1750. The third-order valence-electron chi connectivity index (χ3n) is 7.50. The number of thioether (sulfide) groups is 1. The number of rotatable bonds is 5. The van der Waals surface area contributed by atoms with Gasteiger partial charge in [0.25, 0.3) is 0 Å². The lowest BCUT2D eigenvalue weighted by atomic mass is 10.1. The molecule has 1 aliphatic heterocycles. The van der Waals surface area contributed by atoms with E-state index in [9.17, 15) is 13.2 Å². The molecule has 0 bridgehead atoms. The first kappa shape index (κ1) is 27.3. The second-order valence-corrected chi connectivity index (χ2v) is 11.4. The second kappa shape index (κ2) is 10.5. The predicted molar refractivity (Wildman–Crippen MR) is 160 cm³/mol. The van der Waals surface area contributed by atoms with Crippen LogP contribution in [0.1, 0.15) is 23.1 Å². The number of benzene rings is 4. The highest BCUT2D eigenvalue weighted by atomic mass is 32.2. The number of halogens is 3. The highest BCUT2D eigenvalue weighted by Gasteiger charge is 2.43. The van der Waals surface area contributed by atoms with E-state index in [4.69, 9.17) is 10.8 Å². The van der Waals surface area contributed by atoms with Crippen LogP contribution in [0.4, 0.5) is 18.9 Å². The van der Waals surface area contributed by atoms with Gasteiger partial charge in [-0.25, -0.2) is 4.98 Å². The molecule has 5 aromatic rings. The first-order chi connectivity index (χ1) is 19.6. The van der Waals surface area contributed by atoms with Crippen LogP contribution in [0.5, 0.6) is 5.75 Å². The maximum absolute atomic E-state index is 12.5. The zero-order valence-electron chi connectivity index (χ0n) is 22.6. The average molecular weight is 577 g/mol. The van der Waals surface area contributed by atoms with Crippen molar-refractivity contribution in [2.24, 2.45) is 10.8 Å². The third-order valence-corrected chi connectivity index (χ3v) is 8.71. The zero-order chi connectivity index (χ0) is 28.8. The molecule has 0 amide bonds. The predicted octanol–water partition coefficient (Wildman–Crippen LogP) is 7.41. The van der Waals surface area contributed by atoms with Crippen LogP contribution in [0, 0.1) is 13.8 Å². The summed E-state index contributed by atoms with van der Waals surface area (Å²) in [6.45, 7) is 5.08. The molecule has 4 aromatic carbocycles. The molecule has 1 aliphatic rings. The van der Waals surface area contributed by atoms with E-state index in [0.29, 0.717) is 10.3 Å². The molecule has 41 heavy (non-hydrogen) atoms. The Labute approximate surface area is 239 Å². The van der Waals surface area contributed by atoms with Gasteiger partial charge in [-0.05, 0) is 61.2 Å². The van der Waals surface area contributed by atoms with E-state index >= 15 is 0 Å². The molecule has 6 nitrogen and oxygen atoms in total. The van der Waals surface area contributed by atoms with Crippen LogP contribution >= 0.6 is 11.8 Å². The fraction of sp³-hybridized carbons (Fsp3) is 0.226. The van der Waals surface area contributed by atoms with Gasteiger partial charge in [-0.3, -0.25) is 10.3 Å². The van der Waals surface area contributed by atoms with Gasteiger partial charge < -0.3 is 4.74 Å². The smallest absolute Gasteiger partial charge is 0.406 e. The Balaban J connectivity index is 1.34. The second-order valence-electron chi connectivity index (χ2n) is 10.2. The molecule has 2 N–H and O–H groups in total. The lowest BCUT2D eigenvalue weighted by Gasteiger charge is -2.40. The summed E-state index contributed by atoms with van der Waals surface area (Å²) in [5.41, 5.74) is 13.4. The monoisotopic (exact) mass is 576 g/mol. The molecule has 2 heterocycles. The minimum Gasteiger partial charge on any atom is -0.406 e. The summed E-state index contributed by atoms with van der Waals surface area (Å²) < 4.78 is 43.8. The van der Waals surface area contributed by atoms with Crippen molar-refractivity contribution < 1.29 is 17.9 Å². The number of para-hydroxylation sites is 1. The number of quaternary nitrogens is 1. The van der Waals surface area contributed by atoms with Crippen molar-refractivity contribution in [3.63, 3.8) is 0 Å². The van der Waals surface area contributed by atoms with E-state index in [1.165, 1.54) is 23.3 Å². The summed E-state index contributed by atoms with van der Waals surface area (Å²) in [5, 5.41) is 7.15. The van der Waals surface area contributed by atoms with Gasteiger partial charge >= 0.3 is 6.36 Å². The summed E-state index contributed by atoms with van der Waals surface area (Å²) in [6, 6.07) is 22.2. The molecule has 210 valence electrons. The number of imidazole rings is 1. The van der Waals surface area contributed by atoms with Crippen molar-refractivity contribution in [3.8, 4) is 11.4 Å². The molecule has 0 saturated carbocycles. The minimum atomic E-state index is -4.73. The number of hydrogen-bond acceptors (Lipinski definition) is 5. The van der Waals surface area contributed by atoms with Crippen molar-refractivity contribution in [1.82, 2.24) is 14.1 Å². The van der Waals surface area contributed by atoms with Gasteiger partial charge in [-0.1, -0.05) is 53.3 Å². The molecule has 1 aromatic heterocycles. The van der Waals surface area contributed by atoms with E-state index in [1.54, 1.807) is 30.2 Å². The van der Waals surface area contributed by atoms with Crippen molar-refractivity contribution in [3.05, 3.63) is 95.8 Å². The maximum atomic E-state index is 12.5. The molecular weight excluding hydrogens is 547 g/mol. The molecule has 0 aliphatic carbocycles. The van der Waals surface area contributed by atoms with Crippen molar-refractivity contribution in [1.29, 1.82) is 0 Å². The van der Waals surface area contributed by atoms with Crippen LogP contribution in [-0.2, 0) is 0 Å². The van der Waals surface area contributed by atoms with Gasteiger partial charge in [0, 0.05) is 34.4 Å². The number of ether oxygens (including phenoxy) is 1. The summed E-state index contributed by atoms with van der Waals surface area (Å²) in [6.07, 6.45) is -0.108. The minimum absolute atomic E-state index is 0.196. The fourth-order valence-corrected chi connectivity index (χ4v) is 6.74. The first-order valence-corrected chi connectivity index (χ1v) is 14.3. The summed E-state index contributed by atoms with van der Waals surface area (Å²) >= 11 is 1.75. The quantitative estimate of drug-likeness (QED) is 0.175. The topological polar surface area (TPSA) is 65.4 Å². The van der Waals surface area contributed by atoms with E-state index in [-0.39, 0.29) is 11.2 Å². The molecule has 2 unspecified atom stereocenters. The molecule has 0 radical (unpaired) electrons. The van der Waals surface area contributed by atoms with Crippen LogP contribution < -0.4 is 15.1 Å². The Morgan fingerprint density at radius 3 is 2.51 bits per heavy atom. The standard InChI is InChI=1S/C31H29F3N5OS/c1-20-5-3-6-21(2)29(20)39(15-4-16-41-30(39)35)37-18-22-7-13-26-23(17-22)8-14-27-28(26)36-19-38(27)24-9-11-25(12-10-24)40-31(32,33)34/h3,5-14,17-19,30H,4,15-16,35H2,1-2H3/q+1/b37-18+. The lowest BCUT2D eigenvalue weighted by molar-refractivity contribution is -0.274. The number of hydrogen-bond donors (Lipinski definition) is 1. The number of fused-ring (bicyclic) bond motifs is 3. The van der Waals surface area contributed by atoms with Crippen molar-refractivity contribution in [2.75, 3.05) is 12.3 Å². The lowest BCUT2D eigenvalue weighted by Crippen LogP contribution is -2.59. The number of nitrogens with two attached hydrogens (primary N) is 1. The largest absolute Gasteiger partial charge is 0.573 e. The molecule has 2 atom stereocenters. The molecule has 10 heteroatoms. The van der Waals surface area contributed by atoms with Gasteiger partial charge in [-0.15, -0.1) is 17.8 Å². The van der Waals surface area contributed by atoms with Gasteiger partial charge in [0.1, 0.15) is 18.6 Å². The highest BCUT2D eigenvalue weighted by Crippen LogP contribution is 2.39. The van der Waals surface area contributed by atoms with Gasteiger partial charge in [0.05, 0.1) is 17.2 Å². The Morgan fingerprint density at radius 1 is 1.05 bits per heavy atom. The van der Waals surface area contributed by atoms with Crippen LogP contribution in [0.15, 0.2) is 84.2 Å². The normalized spacial score (nSPS) is 19.8. The van der Waals surface area contributed by atoms with Crippen molar-refractivity contribution >= 4 is 45.5 Å². The molecule has 0 spiro atoms. The maximum Gasteiger partial charge on any atom is 0.573 e. The first-order valence-electron chi connectivity index (χ1n) is 13.3. The number of nitrogens with zero attached hydrogens (tertiary/aromatic N) is 4. The Kier molecular flexibility index (Phi) is 7.01. The molecule has 6 rings (SSSR count). The summed E-state index contributed by atoms with van der Waals surface area (Å²) in [4.78, 5) is 4.63. The number of alkyl halides is 3. The summed E-state index contributed by atoms with van der Waals surface area (Å²) in [7, 11) is 0. The number of aryl methyl sites for hydroxylation is 2. The van der Waals surface area contributed by atoms with Gasteiger partial charge in [-0.2, -0.15) is 0 Å².